The van der Waals surface area contributed by atoms with Crippen LogP contribution in [0.5, 0.6) is 5.75 Å². The van der Waals surface area contributed by atoms with Gasteiger partial charge in [-0.05, 0) is 42.8 Å². The summed E-state index contributed by atoms with van der Waals surface area (Å²) in [4.78, 5) is 31.2. The molecule has 0 radical (unpaired) electrons. The van der Waals surface area contributed by atoms with Gasteiger partial charge in [-0.25, -0.2) is 18.1 Å². The number of benzene rings is 2. The lowest BCUT2D eigenvalue weighted by Crippen LogP contribution is -2.33. The summed E-state index contributed by atoms with van der Waals surface area (Å²) in [5.41, 5.74) is -3.99. The van der Waals surface area contributed by atoms with Gasteiger partial charge in [0.2, 0.25) is 0 Å². The van der Waals surface area contributed by atoms with Crippen molar-refractivity contribution in [3.8, 4) is 5.75 Å². The Morgan fingerprint density at radius 3 is 2.31 bits per heavy atom. The van der Waals surface area contributed by atoms with Crippen LogP contribution in [0.25, 0.3) is 0 Å². The second-order valence-corrected chi connectivity index (χ2v) is 9.90. The van der Waals surface area contributed by atoms with Crippen molar-refractivity contribution >= 4 is 27.5 Å². The van der Waals surface area contributed by atoms with Crippen molar-refractivity contribution in [3.63, 3.8) is 0 Å². The quantitative estimate of drug-likeness (QED) is 0.432. The zero-order chi connectivity index (χ0) is 26.1. The Morgan fingerprint density at radius 1 is 1.00 bits per heavy atom. The van der Waals surface area contributed by atoms with Gasteiger partial charge in [-0.3, -0.25) is 9.78 Å². The Labute approximate surface area is 204 Å². The van der Waals surface area contributed by atoms with Crippen LogP contribution in [-0.2, 0) is 27.8 Å². The van der Waals surface area contributed by atoms with Crippen LogP contribution >= 0.6 is 0 Å². The van der Waals surface area contributed by atoms with Gasteiger partial charge in [0.25, 0.3) is 15.7 Å². The first kappa shape index (κ1) is 25.2. The molecule has 1 aromatic heterocycles. The number of rotatable bonds is 7. The number of halogens is 3. The highest BCUT2D eigenvalue weighted by molar-refractivity contribution is 7.92. The number of carbonyl (C=O) groups is 2. The predicted molar refractivity (Wildman–Crippen MR) is 123 cm³/mol. The van der Waals surface area contributed by atoms with E-state index in [0.29, 0.717) is 23.4 Å². The summed E-state index contributed by atoms with van der Waals surface area (Å²) in [6, 6.07) is 12.9. The molecule has 188 valence electrons. The molecule has 4 rings (SSSR count). The minimum atomic E-state index is -5.56. The highest BCUT2D eigenvalue weighted by atomic mass is 32.2. The van der Waals surface area contributed by atoms with E-state index in [1.807, 2.05) is 30.3 Å². The van der Waals surface area contributed by atoms with E-state index in [9.17, 15) is 31.2 Å². The van der Waals surface area contributed by atoms with E-state index < -0.39 is 38.2 Å². The SMILES string of the molecule is CC1C(=O)N(c2ccc(S(=O)(=O)C(F)(F)F)cc2)C(=O)N1Cc1ccncc1OCc1ccccc1. The average Bonchev–Trinajstić information content (AvgIpc) is 3.06. The molecule has 1 saturated heterocycles. The highest BCUT2D eigenvalue weighted by Crippen LogP contribution is 2.33. The number of nitrogens with zero attached hydrogens (tertiary/aromatic N) is 3. The topological polar surface area (TPSA) is 96.9 Å². The van der Waals surface area contributed by atoms with E-state index in [1.165, 1.54) is 24.2 Å². The first-order chi connectivity index (χ1) is 17.0. The van der Waals surface area contributed by atoms with E-state index in [1.54, 1.807) is 6.07 Å². The zero-order valence-electron chi connectivity index (χ0n) is 18.8. The number of hydrogen-bond acceptors (Lipinski definition) is 6. The molecule has 1 unspecified atom stereocenters. The number of alkyl halides is 3. The predicted octanol–water partition coefficient (Wildman–Crippen LogP) is 4.31. The molecule has 0 saturated carbocycles. The number of sulfone groups is 1. The van der Waals surface area contributed by atoms with Gasteiger partial charge in [0.15, 0.2) is 0 Å². The van der Waals surface area contributed by atoms with Crippen LogP contribution in [0, 0.1) is 0 Å². The van der Waals surface area contributed by atoms with Crippen molar-refractivity contribution in [1.29, 1.82) is 0 Å². The molecule has 0 bridgehead atoms. The third kappa shape index (κ3) is 4.76. The van der Waals surface area contributed by atoms with E-state index >= 15 is 0 Å². The summed E-state index contributed by atoms with van der Waals surface area (Å²) in [7, 11) is -5.56. The summed E-state index contributed by atoms with van der Waals surface area (Å²) >= 11 is 0. The van der Waals surface area contributed by atoms with E-state index in [2.05, 4.69) is 4.98 Å². The maximum atomic E-state index is 13.1. The number of imide groups is 1. The fourth-order valence-electron chi connectivity index (χ4n) is 3.65. The number of ether oxygens (including phenoxy) is 1. The third-order valence-corrected chi connectivity index (χ3v) is 7.14. The number of anilines is 1. The van der Waals surface area contributed by atoms with Gasteiger partial charge in [0, 0.05) is 11.8 Å². The monoisotopic (exact) mass is 519 g/mol. The van der Waals surface area contributed by atoms with E-state index in [4.69, 9.17) is 4.74 Å². The molecule has 12 heteroatoms. The zero-order valence-corrected chi connectivity index (χ0v) is 19.7. The van der Waals surface area contributed by atoms with Gasteiger partial charge in [-0.2, -0.15) is 13.2 Å². The van der Waals surface area contributed by atoms with E-state index in [0.717, 1.165) is 22.6 Å². The van der Waals surface area contributed by atoms with Crippen LogP contribution in [0.15, 0.2) is 78.0 Å². The molecule has 2 heterocycles. The van der Waals surface area contributed by atoms with Gasteiger partial charge in [0.1, 0.15) is 18.4 Å². The number of hydrogen-bond donors (Lipinski definition) is 0. The maximum Gasteiger partial charge on any atom is 0.501 e. The minimum absolute atomic E-state index is 0.00934. The average molecular weight is 520 g/mol. The van der Waals surface area contributed by atoms with Crippen LogP contribution in [0.3, 0.4) is 0 Å². The smallest absolute Gasteiger partial charge is 0.487 e. The Kier molecular flexibility index (Phi) is 6.72. The van der Waals surface area contributed by atoms with Crippen molar-refractivity contribution in [2.24, 2.45) is 0 Å². The largest absolute Gasteiger partial charge is 0.501 e. The van der Waals surface area contributed by atoms with Crippen molar-refractivity contribution in [1.82, 2.24) is 9.88 Å². The number of pyridine rings is 1. The molecule has 0 aliphatic carbocycles. The van der Waals surface area contributed by atoms with E-state index in [-0.39, 0.29) is 18.8 Å². The molecule has 1 atom stereocenters. The Balaban J connectivity index is 1.54. The lowest BCUT2D eigenvalue weighted by molar-refractivity contribution is -0.119. The summed E-state index contributed by atoms with van der Waals surface area (Å²) in [5.74, 6) is -0.179. The van der Waals surface area contributed by atoms with Gasteiger partial charge in [-0.1, -0.05) is 30.3 Å². The van der Waals surface area contributed by atoms with Gasteiger partial charge < -0.3 is 9.64 Å². The van der Waals surface area contributed by atoms with Gasteiger partial charge >= 0.3 is 11.5 Å². The Bertz CT molecular complexity index is 1380. The molecule has 1 aliphatic heterocycles. The first-order valence-corrected chi connectivity index (χ1v) is 12.1. The van der Waals surface area contributed by atoms with Gasteiger partial charge in [-0.15, -0.1) is 0 Å². The van der Waals surface area contributed by atoms with Crippen molar-refractivity contribution < 1.29 is 35.9 Å². The van der Waals surface area contributed by atoms with Crippen LogP contribution in [-0.4, -0.2) is 41.8 Å². The number of amides is 3. The first-order valence-electron chi connectivity index (χ1n) is 10.7. The third-order valence-electron chi connectivity index (χ3n) is 5.64. The fourth-order valence-corrected chi connectivity index (χ4v) is 4.41. The normalized spacial score (nSPS) is 16.5. The number of carbonyl (C=O) groups excluding carboxylic acids is 2. The standard InChI is InChI=1S/C24H20F3N3O5S/c1-16-22(31)30(19-7-9-20(10-8-19)36(33,34)24(25,26)27)23(32)29(16)14-18-11-12-28-13-21(18)35-15-17-5-3-2-4-6-17/h2-13,16H,14-15H2,1H3. The van der Waals surface area contributed by atoms with Crippen molar-refractivity contribution in [2.75, 3.05) is 4.90 Å². The molecule has 0 N–H and O–H groups in total. The summed E-state index contributed by atoms with van der Waals surface area (Å²) in [5, 5.41) is 0. The van der Waals surface area contributed by atoms with Crippen LogP contribution < -0.4 is 9.64 Å². The molecule has 3 amide bonds. The highest BCUT2D eigenvalue weighted by Gasteiger charge is 2.47. The lowest BCUT2D eigenvalue weighted by Gasteiger charge is -2.21. The van der Waals surface area contributed by atoms with Gasteiger partial charge in [0.05, 0.1) is 23.3 Å². The summed E-state index contributed by atoms with van der Waals surface area (Å²) in [6.45, 7) is 1.80. The summed E-state index contributed by atoms with van der Waals surface area (Å²) < 4.78 is 67.5. The van der Waals surface area contributed by atoms with Crippen molar-refractivity contribution in [3.05, 3.63) is 84.2 Å². The van der Waals surface area contributed by atoms with Crippen molar-refractivity contribution in [2.45, 2.75) is 36.5 Å². The molecule has 0 spiro atoms. The summed E-state index contributed by atoms with van der Waals surface area (Å²) in [6.07, 6.45) is 3.03. The van der Waals surface area contributed by atoms with Crippen LogP contribution in [0.4, 0.5) is 23.7 Å². The van der Waals surface area contributed by atoms with Crippen LogP contribution in [0.2, 0.25) is 0 Å². The van der Waals surface area contributed by atoms with Crippen LogP contribution in [0.1, 0.15) is 18.1 Å². The molecular formula is C24H20F3N3O5S. The Morgan fingerprint density at radius 2 is 1.67 bits per heavy atom. The second-order valence-electron chi connectivity index (χ2n) is 7.96. The molecule has 2 aromatic carbocycles. The molecule has 3 aromatic rings. The fraction of sp³-hybridized carbons (Fsp3) is 0.208. The Hall–Kier alpha value is -3.93. The number of aromatic nitrogens is 1. The molecule has 1 fully saturated rings. The second kappa shape index (κ2) is 9.61. The molecular weight excluding hydrogens is 499 g/mol. The maximum absolute atomic E-state index is 13.1. The minimum Gasteiger partial charge on any atom is -0.487 e. The molecule has 1 aliphatic rings. The molecule has 36 heavy (non-hydrogen) atoms. The lowest BCUT2D eigenvalue weighted by atomic mass is 10.2. The molecule has 8 nitrogen and oxygen atoms in total. The number of urea groups is 1.